The van der Waals surface area contributed by atoms with Gasteiger partial charge in [0.2, 0.25) is 0 Å². The predicted octanol–water partition coefficient (Wildman–Crippen LogP) is 3.88. The molecule has 2 aromatic carbocycles. The van der Waals surface area contributed by atoms with Crippen LogP contribution in [0.1, 0.15) is 15.9 Å². The highest BCUT2D eigenvalue weighted by molar-refractivity contribution is 7.80. The molecule has 2 rings (SSSR count). The summed E-state index contributed by atoms with van der Waals surface area (Å²) in [5, 5.41) is 5.22. The summed E-state index contributed by atoms with van der Waals surface area (Å²) >= 11 is 4.73. The quantitative estimate of drug-likeness (QED) is 0.412. The van der Waals surface area contributed by atoms with Gasteiger partial charge in [-0.15, -0.1) is 0 Å². The fraction of sp³-hybridized carbons (Fsp3) is 0.176. The lowest BCUT2D eigenvalue weighted by Crippen LogP contribution is -2.57. The van der Waals surface area contributed by atoms with Crippen molar-refractivity contribution in [2.45, 2.75) is 19.3 Å². The van der Waals surface area contributed by atoms with Gasteiger partial charge in [-0.2, -0.15) is 13.2 Å². The van der Waals surface area contributed by atoms with E-state index in [1.54, 1.807) is 24.4 Å². The number of carbonyl (C=O) groups is 1. The standard InChI is InChI=1S/C17H14F5N3OS/c1-9-2-4-10(5-3-9)14(26)24-15(17(20,21)22)25-16(27)23-13-7-6-11(18)8-12(13)19/h2-8,15H,1H3,(H,24,26)(H2,23,25,27). The summed E-state index contributed by atoms with van der Waals surface area (Å²) in [6.45, 7) is 1.76. The number of anilines is 1. The van der Waals surface area contributed by atoms with Crippen LogP contribution in [-0.2, 0) is 0 Å². The number of carbonyl (C=O) groups excluding carboxylic acids is 1. The third-order valence-corrected chi connectivity index (χ3v) is 3.59. The minimum atomic E-state index is -4.88. The van der Waals surface area contributed by atoms with E-state index in [4.69, 9.17) is 12.2 Å². The molecule has 0 aromatic heterocycles. The van der Waals surface area contributed by atoms with Crippen LogP contribution in [0.3, 0.4) is 0 Å². The number of aryl methyl sites for hydroxylation is 1. The van der Waals surface area contributed by atoms with Crippen molar-refractivity contribution in [3.8, 4) is 0 Å². The molecule has 0 aliphatic heterocycles. The van der Waals surface area contributed by atoms with Gasteiger partial charge in [0.1, 0.15) is 11.6 Å². The second-order valence-corrected chi connectivity index (χ2v) is 5.94. The zero-order chi connectivity index (χ0) is 20.2. The molecule has 1 amide bonds. The minimum Gasteiger partial charge on any atom is -0.335 e. The second kappa shape index (κ2) is 8.30. The molecule has 0 radical (unpaired) electrons. The Bertz CT molecular complexity index is 839. The van der Waals surface area contributed by atoms with Gasteiger partial charge in [0.05, 0.1) is 5.69 Å². The maximum absolute atomic E-state index is 13.6. The fourth-order valence-corrected chi connectivity index (χ4v) is 2.23. The Hall–Kier alpha value is -2.75. The van der Waals surface area contributed by atoms with E-state index in [9.17, 15) is 26.7 Å². The molecule has 1 unspecified atom stereocenters. The molecule has 27 heavy (non-hydrogen) atoms. The smallest absolute Gasteiger partial charge is 0.335 e. The van der Waals surface area contributed by atoms with Gasteiger partial charge in [-0.25, -0.2) is 8.78 Å². The van der Waals surface area contributed by atoms with Gasteiger partial charge < -0.3 is 16.0 Å². The van der Waals surface area contributed by atoms with Crippen LogP contribution in [0.25, 0.3) is 0 Å². The van der Waals surface area contributed by atoms with Gasteiger partial charge in [-0.1, -0.05) is 17.7 Å². The number of alkyl halides is 3. The van der Waals surface area contributed by atoms with E-state index >= 15 is 0 Å². The van der Waals surface area contributed by atoms with E-state index in [0.29, 0.717) is 6.07 Å². The van der Waals surface area contributed by atoms with E-state index in [0.717, 1.165) is 17.7 Å². The second-order valence-electron chi connectivity index (χ2n) is 5.54. The Morgan fingerprint density at radius 1 is 1.04 bits per heavy atom. The Balaban J connectivity index is 2.08. The molecule has 0 saturated heterocycles. The number of amides is 1. The largest absolute Gasteiger partial charge is 0.427 e. The van der Waals surface area contributed by atoms with Crippen LogP contribution in [-0.4, -0.2) is 23.4 Å². The van der Waals surface area contributed by atoms with Crippen molar-refractivity contribution in [3.63, 3.8) is 0 Å². The third-order valence-electron chi connectivity index (χ3n) is 3.37. The summed E-state index contributed by atoms with van der Waals surface area (Å²) in [6.07, 6.45) is -7.40. The van der Waals surface area contributed by atoms with E-state index in [1.165, 1.54) is 12.1 Å². The van der Waals surface area contributed by atoms with Crippen LogP contribution in [0, 0.1) is 18.6 Å². The molecule has 10 heteroatoms. The molecule has 0 fully saturated rings. The Labute approximate surface area is 156 Å². The van der Waals surface area contributed by atoms with E-state index < -0.39 is 35.0 Å². The number of benzene rings is 2. The fourth-order valence-electron chi connectivity index (χ4n) is 2.00. The Kier molecular flexibility index (Phi) is 6.32. The summed E-state index contributed by atoms with van der Waals surface area (Å²) < 4.78 is 66.0. The Morgan fingerprint density at radius 2 is 1.67 bits per heavy atom. The molecule has 144 valence electrons. The molecule has 4 nitrogen and oxygen atoms in total. The van der Waals surface area contributed by atoms with Gasteiger partial charge in [-0.05, 0) is 43.4 Å². The van der Waals surface area contributed by atoms with Crippen LogP contribution >= 0.6 is 12.2 Å². The van der Waals surface area contributed by atoms with Crippen molar-refractivity contribution < 1.29 is 26.7 Å². The van der Waals surface area contributed by atoms with Gasteiger partial charge in [-0.3, -0.25) is 4.79 Å². The van der Waals surface area contributed by atoms with Gasteiger partial charge in [0.25, 0.3) is 5.91 Å². The normalized spacial score (nSPS) is 12.2. The monoisotopic (exact) mass is 403 g/mol. The molecule has 2 aromatic rings. The number of halogens is 5. The molecular weight excluding hydrogens is 389 g/mol. The summed E-state index contributed by atoms with van der Waals surface area (Å²) in [6, 6.07) is 8.35. The van der Waals surface area contributed by atoms with Gasteiger partial charge in [0.15, 0.2) is 11.3 Å². The SMILES string of the molecule is Cc1ccc(C(=O)NC(NC(=S)Nc2ccc(F)cc2F)C(F)(F)F)cc1. The van der Waals surface area contributed by atoms with E-state index in [2.05, 4.69) is 5.32 Å². The van der Waals surface area contributed by atoms with Crippen LogP contribution in [0.4, 0.5) is 27.6 Å². The molecule has 0 aliphatic carbocycles. The first-order valence-corrected chi connectivity index (χ1v) is 7.94. The average molecular weight is 403 g/mol. The van der Waals surface area contributed by atoms with Crippen LogP contribution in [0.5, 0.6) is 0 Å². The van der Waals surface area contributed by atoms with Gasteiger partial charge in [0, 0.05) is 11.6 Å². The lowest BCUT2D eigenvalue weighted by molar-refractivity contribution is -0.156. The minimum absolute atomic E-state index is 0.0279. The number of nitrogens with one attached hydrogen (secondary N) is 3. The highest BCUT2D eigenvalue weighted by Gasteiger charge is 2.41. The molecule has 0 saturated carbocycles. The van der Waals surface area contributed by atoms with E-state index in [-0.39, 0.29) is 11.3 Å². The summed E-state index contributed by atoms with van der Waals surface area (Å²) in [4.78, 5) is 12.0. The highest BCUT2D eigenvalue weighted by Crippen LogP contribution is 2.20. The molecular formula is C17H14F5N3OS. The highest BCUT2D eigenvalue weighted by atomic mass is 32.1. The van der Waals surface area contributed by atoms with Crippen LogP contribution in [0.15, 0.2) is 42.5 Å². The molecule has 3 N–H and O–H groups in total. The first-order chi connectivity index (χ1) is 12.6. The maximum atomic E-state index is 13.6. The van der Waals surface area contributed by atoms with Crippen LogP contribution in [0.2, 0.25) is 0 Å². The van der Waals surface area contributed by atoms with Crippen molar-refractivity contribution in [1.29, 1.82) is 0 Å². The van der Waals surface area contributed by atoms with Crippen LogP contribution < -0.4 is 16.0 Å². The Morgan fingerprint density at radius 3 is 2.22 bits per heavy atom. The summed E-state index contributed by atoms with van der Waals surface area (Å²) in [5.41, 5.74) is 0.545. The zero-order valence-electron chi connectivity index (χ0n) is 13.8. The lowest BCUT2D eigenvalue weighted by Gasteiger charge is -2.24. The third kappa shape index (κ3) is 5.88. The number of rotatable bonds is 4. The molecule has 0 bridgehead atoms. The molecule has 0 spiro atoms. The van der Waals surface area contributed by atoms with Crippen molar-refractivity contribution in [3.05, 3.63) is 65.2 Å². The number of hydrogen-bond donors (Lipinski definition) is 3. The van der Waals surface area contributed by atoms with E-state index in [1.807, 2.05) is 5.32 Å². The maximum Gasteiger partial charge on any atom is 0.427 e. The summed E-state index contributed by atoms with van der Waals surface area (Å²) in [7, 11) is 0. The molecule has 0 heterocycles. The molecule has 0 aliphatic rings. The van der Waals surface area contributed by atoms with Crippen molar-refractivity contribution in [2.24, 2.45) is 0 Å². The first kappa shape index (κ1) is 20.6. The van der Waals surface area contributed by atoms with Crippen molar-refractivity contribution in [2.75, 3.05) is 5.32 Å². The van der Waals surface area contributed by atoms with Crippen molar-refractivity contribution in [1.82, 2.24) is 10.6 Å². The number of hydrogen-bond acceptors (Lipinski definition) is 2. The van der Waals surface area contributed by atoms with Gasteiger partial charge >= 0.3 is 6.18 Å². The topological polar surface area (TPSA) is 53.2 Å². The predicted molar refractivity (Wildman–Crippen MR) is 94.2 cm³/mol. The summed E-state index contributed by atoms with van der Waals surface area (Å²) in [5.74, 6) is -2.86. The van der Waals surface area contributed by atoms with Crippen molar-refractivity contribution >= 4 is 28.9 Å². The average Bonchev–Trinajstić information content (AvgIpc) is 2.56. The number of thiocarbonyl (C=S) groups is 1. The first-order valence-electron chi connectivity index (χ1n) is 7.53. The zero-order valence-corrected chi connectivity index (χ0v) is 14.6. The molecule has 1 atom stereocenters. The lowest BCUT2D eigenvalue weighted by atomic mass is 10.1.